The fourth-order valence-electron chi connectivity index (χ4n) is 2.33. The molecule has 0 fully saturated rings. The summed E-state index contributed by atoms with van der Waals surface area (Å²) in [5.74, 6) is -0.0737. The number of benzene rings is 2. The maximum Gasteiger partial charge on any atom is 0.251 e. The van der Waals surface area contributed by atoms with Crippen LogP contribution in [0.15, 0.2) is 36.4 Å². The van der Waals surface area contributed by atoms with Crippen molar-refractivity contribution in [2.24, 2.45) is 0 Å². The van der Waals surface area contributed by atoms with Gasteiger partial charge in [0.15, 0.2) is 0 Å². The Morgan fingerprint density at radius 1 is 1.29 bits per heavy atom. The van der Waals surface area contributed by atoms with Crippen LogP contribution in [-0.2, 0) is 4.79 Å². The summed E-state index contributed by atoms with van der Waals surface area (Å²) in [4.78, 5) is 12.1. The average molecular weight is 307 g/mol. The molecular weight excluding hydrogens is 295 g/mol. The summed E-state index contributed by atoms with van der Waals surface area (Å²) < 4.78 is 18.4. The highest BCUT2D eigenvalue weighted by atomic mass is 35.5. The molecule has 21 heavy (non-hydrogen) atoms. The third kappa shape index (κ3) is 2.52. The summed E-state index contributed by atoms with van der Waals surface area (Å²) in [6, 6.07) is 8.67. The van der Waals surface area contributed by atoms with E-state index in [4.69, 9.17) is 16.3 Å². The fraction of sp³-hybridized carbons (Fsp3) is 0.133. The normalized spacial score (nSPS) is 16.3. The monoisotopic (exact) mass is 306 g/mol. The van der Waals surface area contributed by atoms with Gasteiger partial charge in [0.25, 0.3) is 5.91 Å². The number of hydrogen-bond acceptors (Lipinski definition) is 3. The van der Waals surface area contributed by atoms with E-state index in [1.807, 2.05) is 0 Å². The van der Waals surface area contributed by atoms with Crippen LogP contribution in [0.3, 0.4) is 0 Å². The quantitative estimate of drug-likeness (QED) is 0.911. The molecule has 0 radical (unpaired) electrons. The minimum absolute atomic E-state index is 0.252. The molecule has 0 spiro atoms. The van der Waals surface area contributed by atoms with E-state index in [1.54, 1.807) is 24.3 Å². The maximum atomic E-state index is 13.2. The van der Waals surface area contributed by atoms with Gasteiger partial charge in [0.1, 0.15) is 17.6 Å². The van der Waals surface area contributed by atoms with Gasteiger partial charge in [0.2, 0.25) is 0 Å². The summed E-state index contributed by atoms with van der Waals surface area (Å²) in [7, 11) is 1.53. The van der Waals surface area contributed by atoms with E-state index < -0.39 is 11.9 Å². The van der Waals surface area contributed by atoms with E-state index in [0.717, 1.165) is 0 Å². The number of anilines is 2. The first-order valence-corrected chi connectivity index (χ1v) is 6.66. The second-order valence-corrected chi connectivity index (χ2v) is 5.08. The molecule has 1 heterocycles. The van der Waals surface area contributed by atoms with Gasteiger partial charge < -0.3 is 15.4 Å². The van der Waals surface area contributed by atoms with Gasteiger partial charge in [-0.2, -0.15) is 0 Å². The molecule has 0 bridgehead atoms. The molecule has 0 saturated heterocycles. The predicted octanol–water partition coefficient (Wildman–Crippen LogP) is 3.59. The van der Waals surface area contributed by atoms with Crippen molar-refractivity contribution in [1.29, 1.82) is 0 Å². The zero-order valence-electron chi connectivity index (χ0n) is 11.1. The number of carbonyl (C=O) groups is 1. The predicted molar refractivity (Wildman–Crippen MR) is 79.4 cm³/mol. The van der Waals surface area contributed by atoms with E-state index >= 15 is 0 Å². The molecule has 108 valence electrons. The Bertz CT molecular complexity index is 721. The zero-order valence-corrected chi connectivity index (χ0v) is 11.9. The summed E-state index contributed by atoms with van der Waals surface area (Å²) >= 11 is 5.97. The minimum atomic E-state index is -0.618. The lowest BCUT2D eigenvalue weighted by Crippen LogP contribution is -2.20. The third-order valence-electron chi connectivity index (χ3n) is 3.31. The molecule has 0 aromatic heterocycles. The van der Waals surface area contributed by atoms with Crippen molar-refractivity contribution in [2.45, 2.75) is 6.04 Å². The lowest BCUT2D eigenvalue weighted by molar-refractivity contribution is -0.116. The van der Waals surface area contributed by atoms with Crippen LogP contribution in [-0.4, -0.2) is 13.0 Å². The van der Waals surface area contributed by atoms with Crippen molar-refractivity contribution >= 4 is 28.9 Å². The molecule has 2 aromatic carbocycles. The second-order valence-electron chi connectivity index (χ2n) is 4.64. The minimum Gasteiger partial charge on any atom is -0.495 e. The molecule has 2 N–H and O–H groups in total. The number of methoxy groups -OCH3 is 1. The molecule has 4 nitrogen and oxygen atoms in total. The summed E-state index contributed by atoms with van der Waals surface area (Å²) in [5, 5.41) is 6.25. The van der Waals surface area contributed by atoms with Gasteiger partial charge in [0.05, 0.1) is 12.8 Å². The molecule has 1 amide bonds. The van der Waals surface area contributed by atoms with Crippen LogP contribution in [0.2, 0.25) is 5.02 Å². The van der Waals surface area contributed by atoms with Gasteiger partial charge in [-0.25, -0.2) is 4.39 Å². The average Bonchev–Trinajstić information content (AvgIpc) is 2.74. The number of hydrogen-bond donors (Lipinski definition) is 2. The Labute approximate surface area is 125 Å². The molecule has 1 aliphatic rings. The molecule has 6 heteroatoms. The molecular formula is C15H12ClFN2O2. The summed E-state index contributed by atoms with van der Waals surface area (Å²) in [6.07, 6.45) is 0. The van der Waals surface area contributed by atoms with Crippen LogP contribution in [0.4, 0.5) is 15.8 Å². The van der Waals surface area contributed by atoms with E-state index in [9.17, 15) is 9.18 Å². The van der Waals surface area contributed by atoms with Gasteiger partial charge in [-0.05, 0) is 30.3 Å². The number of fused-ring (bicyclic) bond motifs is 1. The van der Waals surface area contributed by atoms with Crippen LogP contribution in [0.5, 0.6) is 5.75 Å². The van der Waals surface area contributed by atoms with Crippen molar-refractivity contribution < 1.29 is 13.9 Å². The molecule has 3 rings (SSSR count). The van der Waals surface area contributed by atoms with Crippen LogP contribution >= 0.6 is 11.6 Å². The van der Waals surface area contributed by atoms with E-state index in [0.29, 0.717) is 27.7 Å². The first kappa shape index (κ1) is 13.7. The second kappa shape index (κ2) is 5.26. The topological polar surface area (TPSA) is 50.4 Å². The SMILES string of the molecule is COc1ccc(Cl)cc1NC1C(=O)Nc2cc(F)ccc21. The highest BCUT2D eigenvalue weighted by Gasteiger charge is 2.31. The molecule has 1 atom stereocenters. The van der Waals surface area contributed by atoms with Crippen molar-refractivity contribution in [1.82, 2.24) is 0 Å². The van der Waals surface area contributed by atoms with Gasteiger partial charge in [-0.15, -0.1) is 0 Å². The highest BCUT2D eigenvalue weighted by molar-refractivity contribution is 6.31. The largest absolute Gasteiger partial charge is 0.495 e. The van der Waals surface area contributed by atoms with Crippen LogP contribution < -0.4 is 15.4 Å². The Kier molecular flexibility index (Phi) is 3.43. The van der Waals surface area contributed by atoms with E-state index in [1.165, 1.54) is 19.2 Å². The molecule has 0 saturated carbocycles. The standard InChI is InChI=1S/C15H12ClFN2O2/c1-21-13-5-2-8(16)6-12(13)18-14-10-4-3-9(17)7-11(10)19-15(14)20/h2-7,14,18H,1H3,(H,19,20). The Balaban J connectivity index is 1.96. The van der Waals surface area contributed by atoms with Crippen molar-refractivity contribution in [3.05, 3.63) is 52.8 Å². The van der Waals surface area contributed by atoms with Crippen LogP contribution in [0.25, 0.3) is 0 Å². The summed E-state index contributed by atoms with van der Waals surface area (Å²) in [5.41, 5.74) is 1.75. The van der Waals surface area contributed by atoms with Gasteiger partial charge in [-0.1, -0.05) is 17.7 Å². The van der Waals surface area contributed by atoms with Crippen LogP contribution in [0.1, 0.15) is 11.6 Å². The Hall–Kier alpha value is -2.27. The van der Waals surface area contributed by atoms with E-state index in [2.05, 4.69) is 10.6 Å². The number of ether oxygens (including phenoxy) is 1. The van der Waals surface area contributed by atoms with Gasteiger partial charge in [0, 0.05) is 16.3 Å². The van der Waals surface area contributed by atoms with Gasteiger partial charge >= 0.3 is 0 Å². The lowest BCUT2D eigenvalue weighted by atomic mass is 10.1. The van der Waals surface area contributed by atoms with Gasteiger partial charge in [-0.3, -0.25) is 4.79 Å². The van der Waals surface area contributed by atoms with Crippen molar-refractivity contribution in [3.8, 4) is 5.75 Å². The first-order chi connectivity index (χ1) is 10.1. The van der Waals surface area contributed by atoms with Crippen molar-refractivity contribution in [3.63, 3.8) is 0 Å². The third-order valence-corrected chi connectivity index (χ3v) is 3.54. The maximum absolute atomic E-state index is 13.2. The smallest absolute Gasteiger partial charge is 0.251 e. The van der Waals surface area contributed by atoms with Crippen LogP contribution in [0, 0.1) is 5.82 Å². The van der Waals surface area contributed by atoms with Crippen molar-refractivity contribution in [2.75, 3.05) is 17.7 Å². The summed E-state index contributed by atoms with van der Waals surface area (Å²) in [6.45, 7) is 0. The number of halogens is 2. The molecule has 1 unspecified atom stereocenters. The fourth-order valence-corrected chi connectivity index (χ4v) is 2.50. The Morgan fingerprint density at radius 3 is 2.86 bits per heavy atom. The Morgan fingerprint density at radius 2 is 2.10 bits per heavy atom. The number of rotatable bonds is 3. The van der Waals surface area contributed by atoms with E-state index in [-0.39, 0.29) is 5.91 Å². The highest BCUT2D eigenvalue weighted by Crippen LogP contribution is 2.36. The molecule has 2 aromatic rings. The number of amides is 1. The zero-order chi connectivity index (χ0) is 15.0. The number of nitrogens with one attached hydrogen (secondary N) is 2. The lowest BCUT2D eigenvalue weighted by Gasteiger charge is -2.16. The molecule has 1 aliphatic heterocycles. The molecule has 0 aliphatic carbocycles. The number of carbonyl (C=O) groups excluding carboxylic acids is 1. The first-order valence-electron chi connectivity index (χ1n) is 6.29.